The minimum absolute atomic E-state index is 0. The minimum Gasteiger partial charge on any atom is -0.657 e. The predicted octanol–water partition coefficient (Wildman–Crippen LogP) is 14.6. The van der Waals surface area contributed by atoms with Crippen molar-refractivity contribution in [3.8, 4) is 22.3 Å². The van der Waals surface area contributed by atoms with Crippen LogP contribution in [0.1, 0.15) is 139 Å². The van der Waals surface area contributed by atoms with E-state index in [4.69, 9.17) is 19.9 Å². The zero-order valence-electron chi connectivity index (χ0n) is 37.8. The first-order valence-electron chi connectivity index (χ1n) is 21.3. The molecule has 5 heteroatoms. The molecule has 6 aromatic rings. The molecule has 4 nitrogen and oxygen atoms in total. The number of hydrogen-bond acceptors (Lipinski definition) is 2. The Morgan fingerprint density at radius 2 is 0.885 bits per heavy atom. The molecule has 8 rings (SSSR count). The van der Waals surface area contributed by atoms with Gasteiger partial charge in [0.25, 0.3) is 0 Å². The summed E-state index contributed by atoms with van der Waals surface area (Å²) in [7, 11) is 0. The van der Waals surface area contributed by atoms with Gasteiger partial charge in [-0.1, -0.05) is 192 Å². The summed E-state index contributed by atoms with van der Waals surface area (Å²) in [6.45, 7) is 27.4. The van der Waals surface area contributed by atoms with E-state index in [0.29, 0.717) is 0 Å². The standard InChI is InChI=1S/C56H58N4.Ni/c1-53(2,3)38-28-36(29-39(32-38)54(4,5)6)51-47-22-19-42(57-47)34-43-20-23-48(58-43)52(37-30-40(55(7,8)9)33-41(31-37)56(10,11)12)50-27-25-46(60-50)44(45-24-26-49(51)59-45)21-18-35-16-14-13-15-17-35;/h13-34H,1-12H3;/q-2;+2/b21-18+,42-34?,43-34?,45-44?,46-44?,51-47?,51-49?,52-48?,52-50?;. The second-order valence-electron chi connectivity index (χ2n) is 20.6. The Bertz CT molecular complexity index is 2750. The second-order valence-corrected chi connectivity index (χ2v) is 20.6. The normalized spacial score (nSPS) is 13.2. The molecular weight excluding hydrogens is 787 g/mol. The number of nitrogens with zero attached hydrogens (tertiary/aromatic N) is 4. The Kier molecular flexibility index (Phi) is 11.5. The maximum absolute atomic E-state index is 5.47. The van der Waals surface area contributed by atoms with Crippen LogP contribution in [-0.2, 0) is 38.2 Å². The fourth-order valence-electron chi connectivity index (χ4n) is 7.83. The van der Waals surface area contributed by atoms with Crippen LogP contribution in [0.5, 0.6) is 0 Å². The van der Waals surface area contributed by atoms with Gasteiger partial charge in [-0.2, -0.15) is 0 Å². The average molecular weight is 846 g/mol. The Morgan fingerprint density at radius 1 is 0.426 bits per heavy atom. The van der Waals surface area contributed by atoms with Crippen molar-refractivity contribution in [2.75, 3.05) is 0 Å². The molecule has 0 unspecified atom stereocenters. The monoisotopic (exact) mass is 844 g/mol. The van der Waals surface area contributed by atoms with E-state index in [1.54, 1.807) is 0 Å². The van der Waals surface area contributed by atoms with E-state index in [-0.39, 0.29) is 38.2 Å². The van der Waals surface area contributed by atoms with E-state index in [2.05, 4.69) is 211 Å². The Hall–Kier alpha value is -5.51. The Labute approximate surface area is 373 Å². The molecule has 0 saturated heterocycles. The van der Waals surface area contributed by atoms with Crippen molar-refractivity contribution >= 4 is 58.5 Å². The van der Waals surface area contributed by atoms with Gasteiger partial charge in [0.15, 0.2) is 0 Å². The SMILES string of the molecule is CC(C)(C)c1cc(-c2c3nc(c(/C=C/c4ccccc4)c4ccc([n-]4)c(-c4cc(C(C)(C)C)cc(C(C)(C)C)c4)c4nc(cc5ccc2[n-]5)C=C4)C=C3)cc(C(C)(C)C)c1.[Ni+2]. The van der Waals surface area contributed by atoms with Crippen LogP contribution in [0.25, 0.3) is 80.8 Å². The quantitative estimate of drug-likeness (QED) is 0.166. The van der Waals surface area contributed by atoms with E-state index >= 15 is 0 Å². The molecule has 2 aliphatic rings. The smallest absolute Gasteiger partial charge is 0.657 e. The van der Waals surface area contributed by atoms with Crippen molar-refractivity contribution < 1.29 is 16.5 Å². The fourth-order valence-corrected chi connectivity index (χ4v) is 7.83. The van der Waals surface area contributed by atoms with Crippen LogP contribution >= 0.6 is 0 Å². The van der Waals surface area contributed by atoms with Crippen LogP contribution in [0.3, 0.4) is 0 Å². The summed E-state index contributed by atoms with van der Waals surface area (Å²) >= 11 is 0. The van der Waals surface area contributed by atoms with Gasteiger partial charge < -0.3 is 9.97 Å². The third-order valence-corrected chi connectivity index (χ3v) is 11.6. The van der Waals surface area contributed by atoms with Gasteiger partial charge in [-0.25, -0.2) is 9.97 Å². The maximum atomic E-state index is 5.47. The molecule has 0 aliphatic carbocycles. The summed E-state index contributed by atoms with van der Waals surface area (Å²) in [5.74, 6) is 0. The van der Waals surface area contributed by atoms with Crippen LogP contribution in [0.4, 0.5) is 0 Å². The van der Waals surface area contributed by atoms with Gasteiger partial charge in [-0.15, -0.1) is 22.1 Å². The van der Waals surface area contributed by atoms with Gasteiger partial charge in [-0.05, 0) is 102 Å². The molecule has 0 N–H and O–H groups in total. The summed E-state index contributed by atoms with van der Waals surface area (Å²) in [4.78, 5) is 21.5. The number of hydrogen-bond donors (Lipinski definition) is 0. The molecule has 0 fully saturated rings. The number of aromatic nitrogens is 4. The zero-order valence-corrected chi connectivity index (χ0v) is 38.8. The van der Waals surface area contributed by atoms with Gasteiger partial charge >= 0.3 is 16.5 Å². The molecule has 0 spiro atoms. The summed E-state index contributed by atoms with van der Waals surface area (Å²) in [5.41, 5.74) is 18.1. The molecule has 0 amide bonds. The van der Waals surface area contributed by atoms with Crippen LogP contribution < -0.4 is 9.97 Å². The van der Waals surface area contributed by atoms with Crippen molar-refractivity contribution in [2.24, 2.45) is 0 Å². The molecule has 8 bridgehead atoms. The van der Waals surface area contributed by atoms with Crippen LogP contribution in [0, 0.1) is 0 Å². The molecule has 3 aromatic heterocycles. The average Bonchev–Trinajstić information content (AvgIpc) is 4.01. The molecule has 312 valence electrons. The summed E-state index contributed by atoms with van der Waals surface area (Å²) in [5, 5.41) is 0. The first-order valence-corrected chi connectivity index (χ1v) is 21.3. The Balaban J connectivity index is 0.00000561. The topological polar surface area (TPSA) is 54.0 Å². The third-order valence-electron chi connectivity index (χ3n) is 11.6. The van der Waals surface area contributed by atoms with E-state index < -0.39 is 0 Å². The first-order chi connectivity index (χ1) is 28.2. The van der Waals surface area contributed by atoms with Crippen LogP contribution in [-0.4, -0.2) is 9.97 Å². The van der Waals surface area contributed by atoms with E-state index in [9.17, 15) is 0 Å². The fraction of sp³-hybridized carbons (Fsp3) is 0.286. The van der Waals surface area contributed by atoms with Crippen molar-refractivity contribution in [2.45, 2.75) is 105 Å². The number of rotatable bonds is 4. The van der Waals surface area contributed by atoms with Crippen molar-refractivity contribution in [3.63, 3.8) is 0 Å². The molecular formula is C56H58N4Ni. The third kappa shape index (κ3) is 9.24. The zero-order chi connectivity index (χ0) is 42.8. The van der Waals surface area contributed by atoms with Gasteiger partial charge in [0, 0.05) is 0 Å². The van der Waals surface area contributed by atoms with E-state index in [1.807, 2.05) is 6.07 Å². The van der Waals surface area contributed by atoms with Crippen LogP contribution in [0.2, 0.25) is 0 Å². The number of benzene rings is 3. The van der Waals surface area contributed by atoms with Crippen molar-refractivity contribution in [3.05, 3.63) is 153 Å². The molecule has 2 aliphatic heterocycles. The van der Waals surface area contributed by atoms with Gasteiger partial charge in [0.2, 0.25) is 0 Å². The maximum Gasteiger partial charge on any atom is 2.00 e. The predicted molar refractivity (Wildman–Crippen MR) is 258 cm³/mol. The van der Waals surface area contributed by atoms with Gasteiger partial charge in [0.1, 0.15) is 0 Å². The molecule has 3 aromatic carbocycles. The largest absolute Gasteiger partial charge is 2.00 e. The minimum atomic E-state index is -0.0539. The second kappa shape index (κ2) is 16.1. The van der Waals surface area contributed by atoms with Gasteiger partial charge in [-0.3, -0.25) is 0 Å². The molecule has 5 heterocycles. The molecule has 0 radical (unpaired) electrons. The van der Waals surface area contributed by atoms with E-state index in [1.165, 1.54) is 22.3 Å². The summed E-state index contributed by atoms with van der Waals surface area (Å²) < 4.78 is 0. The van der Waals surface area contributed by atoms with Crippen LogP contribution in [0.15, 0.2) is 97.1 Å². The van der Waals surface area contributed by atoms with Gasteiger partial charge in [0.05, 0.1) is 22.8 Å². The summed E-state index contributed by atoms with van der Waals surface area (Å²) in [6.07, 6.45) is 12.8. The van der Waals surface area contributed by atoms with E-state index in [0.717, 1.165) is 78.2 Å². The summed E-state index contributed by atoms with van der Waals surface area (Å²) in [6, 6.07) is 35.1. The molecule has 0 saturated carbocycles. The number of fused-ring (bicyclic) bond motifs is 8. The molecule has 61 heavy (non-hydrogen) atoms. The Morgan fingerprint density at radius 3 is 1.43 bits per heavy atom. The first kappa shape index (κ1) is 43.6. The van der Waals surface area contributed by atoms with Crippen molar-refractivity contribution in [1.82, 2.24) is 19.9 Å². The van der Waals surface area contributed by atoms with Crippen molar-refractivity contribution in [1.29, 1.82) is 0 Å². The molecule has 0 atom stereocenters.